The predicted octanol–water partition coefficient (Wildman–Crippen LogP) is 3.13. The van der Waals surface area contributed by atoms with Gasteiger partial charge in [0.15, 0.2) is 0 Å². The number of carbonyl (C=O) groups is 1. The Morgan fingerprint density at radius 2 is 2.12 bits per heavy atom. The molecule has 0 saturated heterocycles. The molecule has 0 saturated carbocycles. The van der Waals surface area contributed by atoms with E-state index < -0.39 is 0 Å². The average Bonchev–Trinajstić information content (AvgIpc) is 2.25. The molecule has 0 spiro atoms. The van der Waals surface area contributed by atoms with Crippen LogP contribution in [0.2, 0.25) is 0 Å². The van der Waals surface area contributed by atoms with Crippen LogP contribution in [0.15, 0.2) is 18.2 Å². The largest absolute Gasteiger partial charge is 0.351 e. The van der Waals surface area contributed by atoms with Crippen molar-refractivity contribution in [1.29, 1.82) is 0 Å². The maximum absolute atomic E-state index is 12.9. The van der Waals surface area contributed by atoms with Crippen LogP contribution >= 0.6 is 11.6 Å². The molecule has 2 nitrogen and oxygen atoms in total. The van der Waals surface area contributed by atoms with E-state index in [0.717, 1.165) is 0 Å². The Morgan fingerprint density at radius 1 is 1.47 bits per heavy atom. The van der Waals surface area contributed by atoms with E-state index in [2.05, 4.69) is 5.32 Å². The molecule has 0 aromatic heterocycles. The summed E-state index contributed by atoms with van der Waals surface area (Å²) in [5.41, 5.74) is 1.11. The van der Waals surface area contributed by atoms with Gasteiger partial charge >= 0.3 is 0 Å². The fraction of sp³-hybridized carbons (Fsp3) is 0.462. The third-order valence-electron chi connectivity index (χ3n) is 2.61. The SMILES string of the molecule is Cc1cc(F)ccc1C(=O)NCC(Cl)C(C)C. The minimum atomic E-state index is -0.337. The van der Waals surface area contributed by atoms with Gasteiger partial charge < -0.3 is 5.32 Å². The van der Waals surface area contributed by atoms with E-state index in [1.165, 1.54) is 18.2 Å². The van der Waals surface area contributed by atoms with Crippen LogP contribution in [0.4, 0.5) is 4.39 Å². The van der Waals surface area contributed by atoms with Crippen molar-refractivity contribution >= 4 is 17.5 Å². The molecule has 1 unspecified atom stereocenters. The first-order chi connectivity index (χ1) is 7.91. The van der Waals surface area contributed by atoms with Crippen LogP contribution in [0.3, 0.4) is 0 Å². The molecule has 0 bridgehead atoms. The second kappa shape index (κ2) is 6.01. The van der Waals surface area contributed by atoms with Crippen molar-refractivity contribution in [3.63, 3.8) is 0 Å². The van der Waals surface area contributed by atoms with E-state index in [-0.39, 0.29) is 17.1 Å². The molecule has 94 valence electrons. The smallest absolute Gasteiger partial charge is 0.251 e. The fourth-order valence-corrected chi connectivity index (χ4v) is 1.48. The number of benzene rings is 1. The zero-order valence-corrected chi connectivity index (χ0v) is 11.0. The lowest BCUT2D eigenvalue weighted by molar-refractivity contribution is 0.0951. The summed E-state index contributed by atoms with van der Waals surface area (Å²) in [6.45, 7) is 6.10. The second-order valence-corrected chi connectivity index (χ2v) is 4.99. The third kappa shape index (κ3) is 4.00. The highest BCUT2D eigenvalue weighted by Crippen LogP contribution is 2.11. The first-order valence-corrected chi connectivity index (χ1v) is 6.04. The standard InChI is InChI=1S/C13H17ClFNO/c1-8(2)12(14)7-16-13(17)11-5-4-10(15)6-9(11)3/h4-6,8,12H,7H2,1-3H3,(H,16,17). The molecule has 1 amide bonds. The number of nitrogens with one attached hydrogen (secondary N) is 1. The van der Waals surface area contributed by atoms with Gasteiger partial charge in [0.25, 0.3) is 5.91 Å². The number of hydrogen-bond donors (Lipinski definition) is 1. The molecule has 0 radical (unpaired) electrons. The van der Waals surface area contributed by atoms with Crippen molar-refractivity contribution in [2.75, 3.05) is 6.54 Å². The summed E-state index contributed by atoms with van der Waals surface area (Å²) >= 11 is 6.04. The molecule has 4 heteroatoms. The molecule has 0 aliphatic heterocycles. The minimum absolute atomic E-state index is 0.0975. The highest BCUT2D eigenvalue weighted by Gasteiger charge is 2.13. The maximum Gasteiger partial charge on any atom is 0.251 e. The third-order valence-corrected chi connectivity index (χ3v) is 3.27. The van der Waals surface area contributed by atoms with E-state index in [1.807, 2.05) is 13.8 Å². The Hall–Kier alpha value is -1.09. The summed E-state index contributed by atoms with van der Waals surface area (Å²) in [7, 11) is 0. The Morgan fingerprint density at radius 3 is 2.65 bits per heavy atom. The zero-order valence-electron chi connectivity index (χ0n) is 10.3. The van der Waals surface area contributed by atoms with E-state index >= 15 is 0 Å². The van der Waals surface area contributed by atoms with Crippen LogP contribution in [-0.2, 0) is 0 Å². The maximum atomic E-state index is 12.9. The quantitative estimate of drug-likeness (QED) is 0.825. The Kier molecular flexibility index (Phi) is 4.94. The molecular formula is C13H17ClFNO. The summed E-state index contributed by atoms with van der Waals surface area (Å²) in [5.74, 6) is -0.253. The van der Waals surface area contributed by atoms with E-state index in [9.17, 15) is 9.18 Å². The highest BCUT2D eigenvalue weighted by atomic mass is 35.5. The number of carbonyl (C=O) groups excluding carboxylic acids is 1. The van der Waals surface area contributed by atoms with Gasteiger partial charge in [-0.05, 0) is 36.6 Å². The van der Waals surface area contributed by atoms with Crippen molar-refractivity contribution in [3.05, 3.63) is 35.1 Å². The molecule has 1 atom stereocenters. The number of aryl methyl sites for hydroxylation is 1. The molecule has 1 aromatic rings. The van der Waals surface area contributed by atoms with Gasteiger partial charge in [-0.2, -0.15) is 0 Å². The van der Waals surface area contributed by atoms with Crippen LogP contribution in [0.1, 0.15) is 29.8 Å². The van der Waals surface area contributed by atoms with Crippen LogP contribution in [-0.4, -0.2) is 17.8 Å². The van der Waals surface area contributed by atoms with Gasteiger partial charge in [0.2, 0.25) is 0 Å². The summed E-state index contributed by atoms with van der Waals surface area (Å²) < 4.78 is 12.9. The zero-order chi connectivity index (χ0) is 13.0. The summed E-state index contributed by atoms with van der Waals surface area (Å²) in [6.07, 6.45) is 0. The number of alkyl halides is 1. The number of hydrogen-bond acceptors (Lipinski definition) is 1. The van der Waals surface area contributed by atoms with Gasteiger partial charge in [0.05, 0.1) is 5.38 Å². The van der Waals surface area contributed by atoms with Crippen molar-refractivity contribution < 1.29 is 9.18 Å². The van der Waals surface area contributed by atoms with Crippen molar-refractivity contribution in [1.82, 2.24) is 5.32 Å². The summed E-state index contributed by atoms with van der Waals surface area (Å²) in [5, 5.41) is 2.65. The van der Waals surface area contributed by atoms with Crippen LogP contribution in [0.25, 0.3) is 0 Å². The van der Waals surface area contributed by atoms with Gasteiger partial charge in [0.1, 0.15) is 5.82 Å². The molecule has 1 aromatic carbocycles. The predicted molar refractivity (Wildman–Crippen MR) is 67.9 cm³/mol. The van der Waals surface area contributed by atoms with Gasteiger partial charge in [-0.25, -0.2) is 4.39 Å². The van der Waals surface area contributed by atoms with Crippen molar-refractivity contribution in [2.45, 2.75) is 26.1 Å². The molecule has 0 aliphatic rings. The van der Waals surface area contributed by atoms with E-state index in [4.69, 9.17) is 11.6 Å². The van der Waals surface area contributed by atoms with Crippen LogP contribution < -0.4 is 5.32 Å². The molecule has 0 fully saturated rings. The number of rotatable bonds is 4. The molecule has 0 heterocycles. The Labute approximate surface area is 106 Å². The average molecular weight is 258 g/mol. The normalized spacial score (nSPS) is 12.6. The first-order valence-electron chi connectivity index (χ1n) is 5.60. The van der Waals surface area contributed by atoms with Crippen molar-refractivity contribution in [2.24, 2.45) is 5.92 Å². The lowest BCUT2D eigenvalue weighted by atomic mass is 10.1. The number of halogens is 2. The van der Waals surface area contributed by atoms with Gasteiger partial charge in [0, 0.05) is 12.1 Å². The fourth-order valence-electron chi connectivity index (χ4n) is 1.40. The minimum Gasteiger partial charge on any atom is -0.351 e. The lowest BCUT2D eigenvalue weighted by Crippen LogP contribution is -2.32. The molecule has 0 aliphatic carbocycles. The Balaban J connectivity index is 2.64. The van der Waals surface area contributed by atoms with Gasteiger partial charge in [-0.3, -0.25) is 4.79 Å². The summed E-state index contributed by atoms with van der Waals surface area (Å²) in [6, 6.07) is 4.11. The van der Waals surface area contributed by atoms with Crippen LogP contribution in [0.5, 0.6) is 0 Å². The molecule has 1 rings (SSSR count). The van der Waals surface area contributed by atoms with Gasteiger partial charge in [-0.1, -0.05) is 13.8 Å². The molecule has 17 heavy (non-hydrogen) atoms. The van der Waals surface area contributed by atoms with E-state index in [1.54, 1.807) is 6.92 Å². The Bertz CT molecular complexity index is 406. The first kappa shape index (κ1) is 14.0. The van der Waals surface area contributed by atoms with Gasteiger partial charge in [-0.15, -0.1) is 11.6 Å². The van der Waals surface area contributed by atoms with Crippen LogP contribution in [0, 0.1) is 18.7 Å². The topological polar surface area (TPSA) is 29.1 Å². The second-order valence-electron chi connectivity index (χ2n) is 4.43. The number of amides is 1. The van der Waals surface area contributed by atoms with Crippen molar-refractivity contribution in [3.8, 4) is 0 Å². The molecule has 1 N–H and O–H groups in total. The molecular weight excluding hydrogens is 241 g/mol. The highest BCUT2D eigenvalue weighted by molar-refractivity contribution is 6.21. The summed E-state index contributed by atoms with van der Waals surface area (Å²) in [4.78, 5) is 11.8. The van der Waals surface area contributed by atoms with E-state index in [0.29, 0.717) is 23.6 Å². The monoisotopic (exact) mass is 257 g/mol. The lowest BCUT2D eigenvalue weighted by Gasteiger charge is -2.14.